The fourth-order valence-electron chi connectivity index (χ4n) is 5.10. The molecule has 5 nitrogen and oxygen atoms in total. The maximum atomic E-state index is 12.3. The summed E-state index contributed by atoms with van der Waals surface area (Å²) in [7, 11) is 3.60. The van der Waals surface area contributed by atoms with E-state index in [1.165, 1.54) is 30.6 Å². The molecular weight excluding hydrogens is 358 g/mol. The molecule has 27 heavy (non-hydrogen) atoms. The molecular formula is C21H33N3O2S. The standard InChI is InChI=1S/C21H33N3O2S/c1-22(2)20(25)24-12-10-21(26)9-11-23(13-17(21)14-24)15-18-7-8-19(27-18)16-5-3-4-6-16/h7-8,16-17,26H,3-6,9-15H2,1-2H3/t17-,21-/m0/s1. The molecule has 0 bridgehead atoms. The van der Waals surface area contributed by atoms with Crippen LogP contribution in [0.15, 0.2) is 12.1 Å². The molecule has 3 heterocycles. The van der Waals surface area contributed by atoms with Gasteiger partial charge >= 0.3 is 6.03 Å². The average molecular weight is 392 g/mol. The molecule has 150 valence electrons. The summed E-state index contributed by atoms with van der Waals surface area (Å²) >= 11 is 1.99. The molecule has 0 spiro atoms. The van der Waals surface area contributed by atoms with Gasteiger partial charge in [-0.15, -0.1) is 11.3 Å². The Morgan fingerprint density at radius 1 is 1.22 bits per heavy atom. The lowest BCUT2D eigenvalue weighted by molar-refractivity contribution is -0.108. The lowest BCUT2D eigenvalue weighted by Gasteiger charge is -2.50. The molecule has 0 aromatic carbocycles. The summed E-state index contributed by atoms with van der Waals surface area (Å²) < 4.78 is 0. The molecule has 1 aromatic rings. The maximum Gasteiger partial charge on any atom is 0.319 e. The van der Waals surface area contributed by atoms with E-state index in [4.69, 9.17) is 0 Å². The van der Waals surface area contributed by atoms with Crippen LogP contribution < -0.4 is 0 Å². The highest BCUT2D eigenvalue weighted by Gasteiger charge is 2.46. The number of aliphatic hydroxyl groups is 1. The molecule has 1 aliphatic carbocycles. The smallest absolute Gasteiger partial charge is 0.319 e. The van der Waals surface area contributed by atoms with Gasteiger partial charge < -0.3 is 14.9 Å². The van der Waals surface area contributed by atoms with Crippen molar-refractivity contribution >= 4 is 17.4 Å². The normalized spacial score (nSPS) is 29.7. The van der Waals surface area contributed by atoms with E-state index in [-0.39, 0.29) is 11.9 Å². The summed E-state index contributed by atoms with van der Waals surface area (Å²) in [4.78, 5) is 21.4. The van der Waals surface area contributed by atoms with Crippen LogP contribution in [0.5, 0.6) is 0 Å². The van der Waals surface area contributed by atoms with Gasteiger partial charge in [-0.1, -0.05) is 12.8 Å². The molecule has 6 heteroatoms. The van der Waals surface area contributed by atoms with Crippen LogP contribution in [0.1, 0.15) is 54.2 Å². The highest BCUT2D eigenvalue weighted by molar-refractivity contribution is 7.12. The van der Waals surface area contributed by atoms with E-state index in [0.29, 0.717) is 19.5 Å². The second kappa shape index (κ2) is 7.72. The van der Waals surface area contributed by atoms with Gasteiger partial charge in [-0.25, -0.2) is 4.79 Å². The zero-order chi connectivity index (χ0) is 19.0. The van der Waals surface area contributed by atoms with E-state index in [1.54, 1.807) is 23.9 Å². The van der Waals surface area contributed by atoms with Gasteiger partial charge in [0.05, 0.1) is 5.60 Å². The molecule has 2 amide bonds. The molecule has 3 fully saturated rings. The van der Waals surface area contributed by atoms with Crippen molar-refractivity contribution in [1.29, 1.82) is 0 Å². The quantitative estimate of drug-likeness (QED) is 0.860. The number of urea groups is 1. The Morgan fingerprint density at radius 3 is 2.70 bits per heavy atom. The third kappa shape index (κ3) is 4.03. The Kier molecular flexibility index (Phi) is 5.50. The number of fused-ring (bicyclic) bond motifs is 1. The number of nitrogens with zero attached hydrogens (tertiary/aromatic N) is 3. The van der Waals surface area contributed by atoms with Gasteiger partial charge in [0.25, 0.3) is 0 Å². The minimum Gasteiger partial charge on any atom is -0.389 e. The Morgan fingerprint density at radius 2 is 1.96 bits per heavy atom. The van der Waals surface area contributed by atoms with Gasteiger partial charge in [-0.2, -0.15) is 0 Å². The largest absolute Gasteiger partial charge is 0.389 e. The summed E-state index contributed by atoms with van der Waals surface area (Å²) in [6.07, 6.45) is 7.00. The van der Waals surface area contributed by atoms with E-state index < -0.39 is 5.60 Å². The van der Waals surface area contributed by atoms with Crippen molar-refractivity contribution in [1.82, 2.24) is 14.7 Å². The highest BCUT2D eigenvalue weighted by Crippen LogP contribution is 2.39. The van der Waals surface area contributed by atoms with Gasteiger partial charge in [0.2, 0.25) is 0 Å². The minimum absolute atomic E-state index is 0.0636. The number of carbonyl (C=O) groups is 1. The number of hydrogen-bond acceptors (Lipinski definition) is 4. The molecule has 1 saturated carbocycles. The number of hydrogen-bond donors (Lipinski definition) is 1. The molecule has 0 unspecified atom stereocenters. The van der Waals surface area contributed by atoms with Crippen LogP contribution in [0, 0.1) is 5.92 Å². The van der Waals surface area contributed by atoms with Gasteiger partial charge in [-0.05, 0) is 43.7 Å². The van der Waals surface area contributed by atoms with E-state index in [2.05, 4.69) is 17.0 Å². The number of piperidine rings is 2. The maximum absolute atomic E-state index is 12.3. The predicted molar refractivity (Wildman–Crippen MR) is 109 cm³/mol. The Labute approximate surface area is 166 Å². The van der Waals surface area contributed by atoms with Crippen molar-refractivity contribution in [2.45, 2.75) is 56.6 Å². The topological polar surface area (TPSA) is 47.0 Å². The van der Waals surface area contributed by atoms with Gasteiger partial charge in [-0.3, -0.25) is 4.90 Å². The van der Waals surface area contributed by atoms with Gasteiger partial charge in [0, 0.05) is 62.5 Å². The van der Waals surface area contributed by atoms with Crippen molar-refractivity contribution in [3.8, 4) is 0 Å². The van der Waals surface area contributed by atoms with E-state index in [0.717, 1.165) is 32.0 Å². The van der Waals surface area contributed by atoms with Crippen LogP contribution in [0.2, 0.25) is 0 Å². The summed E-state index contributed by atoms with van der Waals surface area (Å²) in [6, 6.07) is 4.71. The average Bonchev–Trinajstić information content (AvgIpc) is 3.32. The number of rotatable bonds is 3. The second-order valence-electron chi connectivity index (χ2n) is 8.94. The van der Waals surface area contributed by atoms with Crippen molar-refractivity contribution in [2.24, 2.45) is 5.92 Å². The van der Waals surface area contributed by atoms with Crippen LogP contribution in [0.3, 0.4) is 0 Å². The first-order valence-corrected chi connectivity index (χ1v) is 11.3. The first-order chi connectivity index (χ1) is 12.9. The van der Waals surface area contributed by atoms with E-state index in [1.807, 2.05) is 16.2 Å². The Bertz CT molecular complexity index is 670. The first-order valence-electron chi connectivity index (χ1n) is 10.4. The molecule has 2 aliphatic heterocycles. The van der Waals surface area contributed by atoms with Crippen LogP contribution in [-0.4, -0.2) is 71.7 Å². The lowest BCUT2D eigenvalue weighted by atomic mass is 9.75. The molecule has 1 aromatic heterocycles. The van der Waals surface area contributed by atoms with Crippen molar-refractivity contribution in [2.75, 3.05) is 40.3 Å². The van der Waals surface area contributed by atoms with Gasteiger partial charge in [0.1, 0.15) is 0 Å². The van der Waals surface area contributed by atoms with Crippen molar-refractivity contribution in [3.05, 3.63) is 21.9 Å². The Hall–Kier alpha value is -1.11. The zero-order valence-electron chi connectivity index (χ0n) is 16.7. The third-order valence-electron chi connectivity index (χ3n) is 6.83. The SMILES string of the molecule is CN(C)C(=O)N1CC[C@@]2(O)CCN(Cc3ccc(C4CCCC4)s3)C[C@H]2C1. The first kappa shape index (κ1) is 19.2. The fraction of sp³-hybridized carbons (Fsp3) is 0.762. The predicted octanol–water partition coefficient (Wildman–Crippen LogP) is 3.35. The molecule has 3 aliphatic rings. The van der Waals surface area contributed by atoms with E-state index >= 15 is 0 Å². The monoisotopic (exact) mass is 391 g/mol. The third-order valence-corrected chi connectivity index (χ3v) is 8.06. The number of likely N-dealkylation sites (tertiary alicyclic amines) is 2. The fourth-order valence-corrected chi connectivity index (χ4v) is 6.33. The second-order valence-corrected chi connectivity index (χ2v) is 10.1. The summed E-state index contributed by atoms with van der Waals surface area (Å²) in [5.41, 5.74) is -0.593. The number of amides is 2. The lowest BCUT2D eigenvalue weighted by Crippen LogP contribution is -2.61. The van der Waals surface area contributed by atoms with Crippen LogP contribution >= 0.6 is 11.3 Å². The highest BCUT2D eigenvalue weighted by atomic mass is 32.1. The molecule has 2 saturated heterocycles. The van der Waals surface area contributed by atoms with Crippen LogP contribution in [0.25, 0.3) is 0 Å². The minimum atomic E-state index is -0.593. The van der Waals surface area contributed by atoms with Crippen LogP contribution in [0.4, 0.5) is 4.79 Å². The van der Waals surface area contributed by atoms with E-state index in [9.17, 15) is 9.90 Å². The summed E-state index contributed by atoms with van der Waals surface area (Å²) in [6.45, 7) is 4.14. The number of carbonyl (C=O) groups excluding carboxylic acids is 1. The molecule has 1 N–H and O–H groups in total. The molecule has 2 atom stereocenters. The Balaban J connectivity index is 1.38. The van der Waals surface area contributed by atoms with Crippen molar-refractivity contribution < 1.29 is 9.90 Å². The van der Waals surface area contributed by atoms with Crippen LogP contribution in [-0.2, 0) is 6.54 Å². The zero-order valence-corrected chi connectivity index (χ0v) is 17.5. The van der Waals surface area contributed by atoms with Gasteiger partial charge in [0.15, 0.2) is 0 Å². The molecule has 4 rings (SSSR count). The number of thiophene rings is 1. The summed E-state index contributed by atoms with van der Waals surface area (Å²) in [5.74, 6) is 0.942. The molecule has 0 radical (unpaired) electrons. The van der Waals surface area contributed by atoms with Crippen molar-refractivity contribution in [3.63, 3.8) is 0 Å². The summed E-state index contributed by atoms with van der Waals surface area (Å²) in [5, 5.41) is 11.1.